The van der Waals surface area contributed by atoms with E-state index in [4.69, 9.17) is 16.9 Å². The van der Waals surface area contributed by atoms with E-state index in [1.54, 1.807) is 0 Å². The SMILES string of the molecule is CN(Cc1ccc(Cl)s1)Cc1cc(F)ccc1C#N. The Labute approximate surface area is 120 Å². The van der Waals surface area contributed by atoms with Crippen LogP contribution in [0.1, 0.15) is 16.0 Å². The molecule has 2 rings (SSSR count). The first-order valence-electron chi connectivity index (χ1n) is 5.70. The fourth-order valence-corrected chi connectivity index (χ4v) is 3.02. The van der Waals surface area contributed by atoms with Gasteiger partial charge in [-0.25, -0.2) is 4.39 Å². The smallest absolute Gasteiger partial charge is 0.123 e. The molecule has 0 aliphatic heterocycles. The van der Waals surface area contributed by atoms with Crippen LogP contribution in [0.2, 0.25) is 4.34 Å². The van der Waals surface area contributed by atoms with Crippen molar-refractivity contribution in [1.82, 2.24) is 4.90 Å². The molecule has 5 heteroatoms. The number of halogens is 2. The van der Waals surface area contributed by atoms with E-state index in [1.165, 1.54) is 29.5 Å². The monoisotopic (exact) mass is 294 g/mol. The molecule has 19 heavy (non-hydrogen) atoms. The van der Waals surface area contributed by atoms with E-state index in [-0.39, 0.29) is 5.82 Å². The van der Waals surface area contributed by atoms with Crippen molar-refractivity contribution in [2.24, 2.45) is 0 Å². The zero-order valence-corrected chi connectivity index (χ0v) is 11.9. The summed E-state index contributed by atoms with van der Waals surface area (Å²) in [5, 5.41) is 9.01. The molecular formula is C14H12ClFN2S. The highest BCUT2D eigenvalue weighted by Gasteiger charge is 2.08. The number of benzene rings is 1. The molecule has 0 aliphatic carbocycles. The Morgan fingerprint density at radius 3 is 2.74 bits per heavy atom. The number of thiophene rings is 1. The Hall–Kier alpha value is -1.41. The maximum absolute atomic E-state index is 13.2. The van der Waals surface area contributed by atoms with Gasteiger partial charge < -0.3 is 0 Å². The van der Waals surface area contributed by atoms with E-state index in [0.29, 0.717) is 17.7 Å². The van der Waals surface area contributed by atoms with Crippen molar-refractivity contribution in [2.75, 3.05) is 7.05 Å². The Balaban J connectivity index is 2.08. The van der Waals surface area contributed by atoms with Crippen LogP contribution in [0.3, 0.4) is 0 Å². The molecule has 1 aromatic heterocycles. The van der Waals surface area contributed by atoms with Gasteiger partial charge in [-0.2, -0.15) is 5.26 Å². The Kier molecular flexibility index (Phi) is 4.54. The Morgan fingerprint density at radius 1 is 1.32 bits per heavy atom. The second-order valence-corrected chi connectivity index (χ2v) is 6.09. The minimum atomic E-state index is -0.318. The molecule has 0 radical (unpaired) electrons. The van der Waals surface area contributed by atoms with Crippen molar-refractivity contribution >= 4 is 22.9 Å². The number of hydrogen-bond acceptors (Lipinski definition) is 3. The van der Waals surface area contributed by atoms with Crippen LogP contribution in [-0.4, -0.2) is 11.9 Å². The van der Waals surface area contributed by atoms with Crippen molar-refractivity contribution in [3.05, 3.63) is 56.5 Å². The summed E-state index contributed by atoms with van der Waals surface area (Å²) in [6.45, 7) is 1.24. The fourth-order valence-electron chi connectivity index (χ4n) is 1.85. The van der Waals surface area contributed by atoms with Gasteiger partial charge in [0.15, 0.2) is 0 Å². The first-order chi connectivity index (χ1) is 9.08. The topological polar surface area (TPSA) is 27.0 Å². The number of nitrogens with zero attached hydrogens (tertiary/aromatic N) is 2. The van der Waals surface area contributed by atoms with Gasteiger partial charge >= 0.3 is 0 Å². The molecule has 0 spiro atoms. The molecule has 0 saturated carbocycles. The van der Waals surface area contributed by atoms with Gasteiger partial charge in [-0.15, -0.1) is 11.3 Å². The van der Waals surface area contributed by atoms with Crippen LogP contribution in [0.5, 0.6) is 0 Å². The summed E-state index contributed by atoms with van der Waals surface area (Å²) < 4.78 is 14.0. The molecule has 0 fully saturated rings. The van der Waals surface area contributed by atoms with E-state index < -0.39 is 0 Å². The van der Waals surface area contributed by atoms with Gasteiger partial charge in [-0.05, 0) is 42.9 Å². The molecule has 0 amide bonds. The molecule has 0 N–H and O–H groups in total. The maximum atomic E-state index is 13.2. The number of nitriles is 1. The van der Waals surface area contributed by atoms with Gasteiger partial charge in [0.05, 0.1) is 16.0 Å². The lowest BCUT2D eigenvalue weighted by Crippen LogP contribution is -2.17. The highest BCUT2D eigenvalue weighted by atomic mass is 35.5. The molecule has 1 heterocycles. The lowest BCUT2D eigenvalue weighted by Gasteiger charge is -2.16. The highest BCUT2D eigenvalue weighted by molar-refractivity contribution is 7.16. The third-order valence-electron chi connectivity index (χ3n) is 2.68. The summed E-state index contributed by atoms with van der Waals surface area (Å²) in [4.78, 5) is 3.17. The molecular weight excluding hydrogens is 283 g/mol. The summed E-state index contributed by atoms with van der Waals surface area (Å²) in [5.74, 6) is -0.318. The van der Waals surface area contributed by atoms with Gasteiger partial charge in [0.25, 0.3) is 0 Å². The van der Waals surface area contributed by atoms with Crippen LogP contribution >= 0.6 is 22.9 Å². The number of hydrogen-bond donors (Lipinski definition) is 0. The minimum Gasteiger partial charge on any atom is -0.297 e. The lowest BCUT2D eigenvalue weighted by atomic mass is 10.1. The van der Waals surface area contributed by atoms with Crippen molar-refractivity contribution in [3.63, 3.8) is 0 Å². The zero-order valence-electron chi connectivity index (χ0n) is 10.4. The molecule has 0 bridgehead atoms. The third-order valence-corrected chi connectivity index (χ3v) is 3.90. The summed E-state index contributed by atoms with van der Waals surface area (Å²) >= 11 is 7.40. The van der Waals surface area contributed by atoms with Crippen LogP contribution in [0.15, 0.2) is 30.3 Å². The standard InChI is InChI=1S/C14H12ClFN2S/c1-18(9-13-4-5-14(15)19-13)8-11-6-12(16)3-2-10(11)7-17/h2-6H,8-9H2,1H3. The van der Waals surface area contributed by atoms with Gasteiger partial charge in [0, 0.05) is 18.0 Å². The van der Waals surface area contributed by atoms with Crippen LogP contribution < -0.4 is 0 Å². The van der Waals surface area contributed by atoms with Gasteiger partial charge in [0.2, 0.25) is 0 Å². The average molecular weight is 295 g/mol. The average Bonchev–Trinajstić information content (AvgIpc) is 2.75. The summed E-state index contributed by atoms with van der Waals surface area (Å²) in [5.41, 5.74) is 1.21. The Bertz CT molecular complexity index is 618. The second-order valence-electron chi connectivity index (χ2n) is 4.29. The highest BCUT2D eigenvalue weighted by Crippen LogP contribution is 2.23. The van der Waals surface area contributed by atoms with E-state index in [2.05, 4.69) is 6.07 Å². The quantitative estimate of drug-likeness (QED) is 0.851. The molecule has 0 unspecified atom stereocenters. The molecule has 0 saturated heterocycles. The van der Waals surface area contributed by atoms with Crippen LogP contribution in [-0.2, 0) is 13.1 Å². The lowest BCUT2D eigenvalue weighted by molar-refractivity contribution is 0.321. The van der Waals surface area contributed by atoms with E-state index in [0.717, 1.165) is 15.8 Å². The van der Waals surface area contributed by atoms with E-state index >= 15 is 0 Å². The Morgan fingerprint density at radius 2 is 2.11 bits per heavy atom. The molecule has 2 nitrogen and oxygen atoms in total. The maximum Gasteiger partial charge on any atom is 0.123 e. The fraction of sp³-hybridized carbons (Fsp3) is 0.214. The van der Waals surface area contributed by atoms with Gasteiger partial charge in [-0.3, -0.25) is 4.90 Å². The van der Waals surface area contributed by atoms with Gasteiger partial charge in [0.1, 0.15) is 5.82 Å². The van der Waals surface area contributed by atoms with Crippen LogP contribution in [0, 0.1) is 17.1 Å². The van der Waals surface area contributed by atoms with Crippen molar-refractivity contribution in [3.8, 4) is 6.07 Å². The number of rotatable bonds is 4. The largest absolute Gasteiger partial charge is 0.297 e. The summed E-state index contributed by atoms with van der Waals surface area (Å²) in [6.07, 6.45) is 0. The first-order valence-corrected chi connectivity index (χ1v) is 6.89. The third kappa shape index (κ3) is 3.77. The van der Waals surface area contributed by atoms with E-state index in [9.17, 15) is 4.39 Å². The van der Waals surface area contributed by atoms with Crippen molar-refractivity contribution < 1.29 is 4.39 Å². The summed E-state index contributed by atoms with van der Waals surface area (Å²) in [7, 11) is 1.93. The molecule has 98 valence electrons. The second kappa shape index (κ2) is 6.16. The van der Waals surface area contributed by atoms with Crippen LogP contribution in [0.4, 0.5) is 4.39 Å². The molecule has 2 aromatic rings. The molecule has 0 aliphatic rings. The predicted octanol–water partition coefficient (Wildman–Crippen LogP) is 4.04. The summed E-state index contributed by atoms with van der Waals surface area (Å²) in [6, 6.07) is 10.2. The molecule has 1 aromatic carbocycles. The first kappa shape index (κ1) is 14.0. The van der Waals surface area contributed by atoms with E-state index in [1.807, 2.05) is 24.1 Å². The molecule has 0 atom stereocenters. The predicted molar refractivity (Wildman–Crippen MR) is 75.6 cm³/mol. The van der Waals surface area contributed by atoms with Crippen molar-refractivity contribution in [1.29, 1.82) is 5.26 Å². The normalized spacial score (nSPS) is 10.7. The zero-order chi connectivity index (χ0) is 13.8. The minimum absolute atomic E-state index is 0.318. The van der Waals surface area contributed by atoms with Gasteiger partial charge in [-0.1, -0.05) is 11.6 Å². The van der Waals surface area contributed by atoms with Crippen LogP contribution in [0.25, 0.3) is 0 Å². The van der Waals surface area contributed by atoms with Crippen molar-refractivity contribution in [2.45, 2.75) is 13.1 Å².